The number of carbonyl (C=O) groups excluding carboxylic acids is 7. The van der Waals surface area contributed by atoms with Gasteiger partial charge in [-0.05, 0) is 25.2 Å². The minimum absolute atomic E-state index is 0.0942. The van der Waals surface area contributed by atoms with Gasteiger partial charge in [0, 0.05) is 19.3 Å². The van der Waals surface area contributed by atoms with E-state index in [1.165, 1.54) is 0 Å². The van der Waals surface area contributed by atoms with Crippen LogP contribution in [-0.4, -0.2) is 105 Å². The molecular formula is C26H41N7O13. The van der Waals surface area contributed by atoms with E-state index < -0.39 is 122 Å². The average molecular weight is 660 g/mol. The van der Waals surface area contributed by atoms with E-state index in [9.17, 15) is 58.2 Å². The first-order chi connectivity index (χ1) is 21.3. The summed E-state index contributed by atoms with van der Waals surface area (Å²) in [6.45, 7) is 3.47. The molecule has 0 fully saturated rings. The standard InChI is InChI=1S/C26H41N7O13/c1-11(2)7-12(10-34)30-23(41)16(8-13(25(43)44)26(45)46)33-22(40)15(4-5-18(28)35)31-24(42)17(9-19(29)36)32-21(39)14(27)3-6-20(37)38/h10-17H,3-9,27H2,1-2H3,(H2,28,35)(H2,29,36)(H,30,41)(H,31,42)(H,32,39)(H,33,40)(H,37,38)(H,43,44)(H,45,46)/t12-,14-,15-,16-,17-/m0/s1. The molecule has 0 aliphatic heterocycles. The van der Waals surface area contributed by atoms with Crippen molar-refractivity contribution in [2.45, 2.75) is 89.0 Å². The van der Waals surface area contributed by atoms with Gasteiger partial charge in [-0.15, -0.1) is 0 Å². The Balaban J connectivity index is 6.26. The Hall–Kier alpha value is -5.14. The van der Waals surface area contributed by atoms with Crippen molar-refractivity contribution in [3.63, 3.8) is 0 Å². The molecule has 0 unspecified atom stereocenters. The number of hydrogen-bond donors (Lipinski definition) is 10. The van der Waals surface area contributed by atoms with Crippen LogP contribution in [0.5, 0.6) is 0 Å². The highest BCUT2D eigenvalue weighted by Gasteiger charge is 2.36. The Bertz CT molecular complexity index is 1160. The number of rotatable bonds is 23. The van der Waals surface area contributed by atoms with E-state index in [4.69, 9.17) is 22.3 Å². The number of carboxylic acid groups (broad SMARTS) is 3. The highest BCUT2D eigenvalue weighted by Crippen LogP contribution is 2.12. The molecule has 0 rings (SSSR count). The smallest absolute Gasteiger partial charge is 0.317 e. The number of amides is 6. The topological polar surface area (TPSA) is 358 Å². The highest BCUT2D eigenvalue weighted by atomic mass is 16.4. The van der Waals surface area contributed by atoms with Gasteiger partial charge in [0.1, 0.15) is 24.4 Å². The van der Waals surface area contributed by atoms with Crippen LogP contribution >= 0.6 is 0 Å². The van der Waals surface area contributed by atoms with Crippen LogP contribution in [0, 0.1) is 11.8 Å². The Morgan fingerprint density at radius 2 is 1.15 bits per heavy atom. The van der Waals surface area contributed by atoms with Gasteiger partial charge in [-0.3, -0.25) is 43.2 Å². The number of carboxylic acids is 3. The SMILES string of the molecule is CC(C)C[C@@H](C=O)NC(=O)[C@H](CC(C(=O)O)C(=O)O)NC(=O)[C@H](CCC(N)=O)NC(=O)[C@H](CC(N)=O)NC(=O)[C@@H](N)CCC(=O)O. The predicted molar refractivity (Wildman–Crippen MR) is 154 cm³/mol. The molecular weight excluding hydrogens is 618 g/mol. The average Bonchev–Trinajstić information content (AvgIpc) is 2.93. The number of aldehydes is 1. The van der Waals surface area contributed by atoms with Crippen LogP contribution in [0.2, 0.25) is 0 Å². The van der Waals surface area contributed by atoms with E-state index in [1.54, 1.807) is 13.8 Å². The fraction of sp³-hybridized carbons (Fsp3) is 0.615. The van der Waals surface area contributed by atoms with Crippen LogP contribution in [-0.2, 0) is 47.9 Å². The normalized spacial score (nSPS) is 14.1. The van der Waals surface area contributed by atoms with Gasteiger partial charge in [0.2, 0.25) is 35.4 Å². The zero-order valence-electron chi connectivity index (χ0n) is 25.2. The predicted octanol–water partition coefficient (Wildman–Crippen LogP) is -4.32. The summed E-state index contributed by atoms with van der Waals surface area (Å²) in [6, 6.07) is -7.90. The Labute approximate surface area is 262 Å². The summed E-state index contributed by atoms with van der Waals surface area (Å²) in [7, 11) is 0. The van der Waals surface area contributed by atoms with E-state index in [2.05, 4.69) is 21.3 Å². The summed E-state index contributed by atoms with van der Waals surface area (Å²) in [4.78, 5) is 120. The third kappa shape index (κ3) is 16.1. The van der Waals surface area contributed by atoms with Crippen LogP contribution in [0.15, 0.2) is 0 Å². The van der Waals surface area contributed by atoms with E-state index >= 15 is 0 Å². The van der Waals surface area contributed by atoms with Gasteiger partial charge in [-0.2, -0.15) is 0 Å². The van der Waals surface area contributed by atoms with E-state index in [1.807, 2.05) is 0 Å². The van der Waals surface area contributed by atoms with Gasteiger partial charge in [0.05, 0.1) is 18.5 Å². The zero-order chi connectivity index (χ0) is 35.7. The van der Waals surface area contributed by atoms with Crippen LogP contribution in [0.3, 0.4) is 0 Å². The number of nitrogens with two attached hydrogens (primary N) is 3. The van der Waals surface area contributed by atoms with Crippen LogP contribution in [0.4, 0.5) is 0 Å². The number of carbonyl (C=O) groups is 10. The summed E-state index contributed by atoms with van der Waals surface area (Å²) >= 11 is 0. The molecule has 0 aromatic carbocycles. The first-order valence-corrected chi connectivity index (χ1v) is 13.9. The molecule has 0 aliphatic rings. The van der Waals surface area contributed by atoms with Gasteiger partial charge in [-0.1, -0.05) is 13.8 Å². The van der Waals surface area contributed by atoms with Crippen molar-refractivity contribution >= 4 is 59.6 Å². The van der Waals surface area contributed by atoms with Crippen molar-refractivity contribution < 1.29 is 63.3 Å². The monoisotopic (exact) mass is 659 g/mol. The van der Waals surface area contributed by atoms with Crippen molar-refractivity contribution in [1.82, 2.24) is 21.3 Å². The van der Waals surface area contributed by atoms with Gasteiger partial charge >= 0.3 is 17.9 Å². The first kappa shape index (κ1) is 40.9. The summed E-state index contributed by atoms with van der Waals surface area (Å²) < 4.78 is 0. The molecule has 0 radical (unpaired) electrons. The Morgan fingerprint density at radius 1 is 0.652 bits per heavy atom. The van der Waals surface area contributed by atoms with Crippen LogP contribution in [0.25, 0.3) is 0 Å². The molecule has 0 bridgehead atoms. The van der Waals surface area contributed by atoms with Gasteiger partial charge in [0.25, 0.3) is 0 Å². The molecule has 20 heteroatoms. The largest absolute Gasteiger partial charge is 0.481 e. The molecule has 0 saturated heterocycles. The van der Waals surface area contributed by atoms with E-state index in [-0.39, 0.29) is 18.8 Å². The van der Waals surface area contributed by atoms with Crippen molar-refractivity contribution in [2.24, 2.45) is 29.0 Å². The number of aliphatic carboxylic acids is 3. The van der Waals surface area contributed by atoms with Crippen molar-refractivity contribution in [2.75, 3.05) is 0 Å². The van der Waals surface area contributed by atoms with E-state index in [0.29, 0.717) is 6.29 Å². The number of primary amides is 2. The highest BCUT2D eigenvalue weighted by molar-refractivity contribution is 5.98. The molecule has 5 atom stereocenters. The second-order valence-corrected chi connectivity index (χ2v) is 10.7. The van der Waals surface area contributed by atoms with Crippen molar-refractivity contribution in [3.05, 3.63) is 0 Å². The molecule has 0 spiro atoms. The fourth-order valence-electron chi connectivity index (χ4n) is 3.91. The maximum Gasteiger partial charge on any atom is 0.317 e. The van der Waals surface area contributed by atoms with Crippen LogP contribution in [0.1, 0.15) is 58.8 Å². The molecule has 0 heterocycles. The van der Waals surface area contributed by atoms with Gasteiger partial charge in [-0.25, -0.2) is 0 Å². The zero-order valence-corrected chi connectivity index (χ0v) is 25.2. The minimum atomic E-state index is -2.20. The molecule has 13 N–H and O–H groups in total. The molecule has 258 valence electrons. The molecule has 0 saturated carbocycles. The van der Waals surface area contributed by atoms with Crippen LogP contribution < -0.4 is 38.5 Å². The molecule has 20 nitrogen and oxygen atoms in total. The molecule has 6 amide bonds. The lowest BCUT2D eigenvalue weighted by Crippen LogP contribution is -2.59. The third-order valence-electron chi connectivity index (χ3n) is 6.27. The van der Waals surface area contributed by atoms with Crippen molar-refractivity contribution in [3.8, 4) is 0 Å². The fourth-order valence-corrected chi connectivity index (χ4v) is 3.91. The third-order valence-corrected chi connectivity index (χ3v) is 6.27. The second-order valence-electron chi connectivity index (χ2n) is 10.7. The lowest BCUT2D eigenvalue weighted by Gasteiger charge is -2.26. The summed E-state index contributed by atoms with van der Waals surface area (Å²) in [5, 5.41) is 36.1. The lowest BCUT2D eigenvalue weighted by atomic mass is 9.97. The molecule has 0 aromatic rings. The second kappa shape index (κ2) is 20.0. The number of nitrogens with one attached hydrogen (secondary N) is 4. The molecule has 0 aliphatic carbocycles. The first-order valence-electron chi connectivity index (χ1n) is 13.9. The summed E-state index contributed by atoms with van der Waals surface area (Å²) in [5.41, 5.74) is 15.9. The molecule has 0 aromatic heterocycles. The van der Waals surface area contributed by atoms with Gasteiger partial charge in [0.15, 0.2) is 5.92 Å². The Kier molecular flexibility index (Phi) is 17.8. The van der Waals surface area contributed by atoms with E-state index in [0.717, 1.165) is 0 Å². The maximum atomic E-state index is 13.3. The van der Waals surface area contributed by atoms with Gasteiger partial charge < -0.3 is 58.6 Å². The Morgan fingerprint density at radius 3 is 1.61 bits per heavy atom. The summed E-state index contributed by atoms with van der Waals surface area (Å²) in [6.07, 6.45) is -3.18. The quantitative estimate of drug-likeness (QED) is 0.0366. The van der Waals surface area contributed by atoms with Crippen molar-refractivity contribution in [1.29, 1.82) is 0 Å². The number of hydrogen-bond acceptors (Lipinski definition) is 11. The minimum Gasteiger partial charge on any atom is -0.481 e. The maximum absolute atomic E-state index is 13.3. The lowest BCUT2D eigenvalue weighted by molar-refractivity contribution is -0.155. The molecule has 46 heavy (non-hydrogen) atoms. The summed E-state index contributed by atoms with van der Waals surface area (Å²) in [5.74, 6) is -13.9.